The van der Waals surface area contributed by atoms with Crippen LogP contribution in [0.1, 0.15) is 32.6 Å². The summed E-state index contributed by atoms with van der Waals surface area (Å²) in [5.74, 6) is 0.711. The summed E-state index contributed by atoms with van der Waals surface area (Å²) in [6, 6.07) is 5.23. The van der Waals surface area contributed by atoms with Gasteiger partial charge in [-0.3, -0.25) is 4.79 Å². The maximum Gasteiger partial charge on any atom is 0.243 e. The number of carbonyl (C=O) groups is 1. The van der Waals surface area contributed by atoms with E-state index in [0.717, 1.165) is 43.0 Å². The van der Waals surface area contributed by atoms with E-state index in [1.807, 2.05) is 11.0 Å². The van der Waals surface area contributed by atoms with Crippen molar-refractivity contribution in [2.24, 2.45) is 5.92 Å². The normalized spacial score (nSPS) is 24.3. The zero-order valence-electron chi connectivity index (χ0n) is 20.2. The number of piperidine rings is 1. The Bertz CT molecular complexity index is 1160. The minimum Gasteiger partial charge on any atom is -0.378 e. The van der Waals surface area contributed by atoms with Gasteiger partial charge in [-0.15, -0.1) is 0 Å². The van der Waals surface area contributed by atoms with Crippen molar-refractivity contribution < 1.29 is 22.7 Å². The van der Waals surface area contributed by atoms with Crippen LogP contribution >= 0.6 is 11.8 Å². The van der Waals surface area contributed by atoms with Crippen molar-refractivity contribution >= 4 is 38.7 Å². The molecule has 1 amide bonds. The number of fused-ring (bicyclic) bond motifs is 1. The highest BCUT2D eigenvalue weighted by molar-refractivity contribution is 7.99. The van der Waals surface area contributed by atoms with Gasteiger partial charge >= 0.3 is 0 Å². The number of aromatic nitrogens is 2. The number of amides is 1. The molecule has 3 aliphatic heterocycles. The molecule has 9 nitrogen and oxygen atoms in total. The van der Waals surface area contributed by atoms with Gasteiger partial charge in [-0.25, -0.2) is 13.4 Å². The Morgan fingerprint density at radius 1 is 1.14 bits per heavy atom. The van der Waals surface area contributed by atoms with E-state index in [-0.39, 0.29) is 22.7 Å². The number of imidazole rings is 1. The second-order valence-electron chi connectivity index (χ2n) is 9.68. The molecule has 0 bridgehead atoms. The number of hydrogen-bond acceptors (Lipinski definition) is 7. The van der Waals surface area contributed by atoms with Gasteiger partial charge in [0.2, 0.25) is 15.9 Å². The number of benzene rings is 1. The largest absolute Gasteiger partial charge is 0.378 e. The third kappa shape index (κ3) is 5.53. The molecule has 2 aromatic rings. The summed E-state index contributed by atoms with van der Waals surface area (Å²) in [6.07, 6.45) is 4.06. The van der Waals surface area contributed by atoms with E-state index >= 15 is 0 Å². The fraction of sp³-hybridized carbons (Fsp3) is 0.667. The van der Waals surface area contributed by atoms with E-state index < -0.39 is 10.0 Å². The first-order valence-corrected chi connectivity index (χ1v) is 14.9. The lowest BCUT2D eigenvalue weighted by molar-refractivity contribution is -0.132. The average Bonchev–Trinajstić information content (AvgIpc) is 3.51. The Kier molecular flexibility index (Phi) is 7.69. The highest BCUT2D eigenvalue weighted by Gasteiger charge is 2.30. The van der Waals surface area contributed by atoms with Crippen molar-refractivity contribution in [2.75, 3.05) is 51.8 Å². The van der Waals surface area contributed by atoms with Crippen LogP contribution in [0.5, 0.6) is 0 Å². The Hall–Kier alpha value is -1.66. The number of morpholine rings is 1. The number of sulfonamides is 1. The summed E-state index contributed by atoms with van der Waals surface area (Å²) in [7, 11) is -3.57. The second-order valence-corrected chi connectivity index (χ2v) is 12.6. The van der Waals surface area contributed by atoms with Gasteiger partial charge in [0.25, 0.3) is 0 Å². The third-order valence-electron chi connectivity index (χ3n) is 7.04. The minimum atomic E-state index is -3.57. The molecule has 3 saturated heterocycles. The van der Waals surface area contributed by atoms with Gasteiger partial charge in [-0.1, -0.05) is 18.7 Å². The Morgan fingerprint density at radius 3 is 2.71 bits per heavy atom. The predicted molar refractivity (Wildman–Crippen MR) is 134 cm³/mol. The van der Waals surface area contributed by atoms with E-state index in [0.29, 0.717) is 57.4 Å². The molecule has 192 valence electrons. The van der Waals surface area contributed by atoms with Crippen molar-refractivity contribution in [2.45, 2.75) is 55.3 Å². The lowest BCUT2D eigenvalue weighted by Crippen LogP contribution is -2.41. The van der Waals surface area contributed by atoms with Crippen molar-refractivity contribution in [3.8, 4) is 0 Å². The number of thioether (sulfide) groups is 1. The van der Waals surface area contributed by atoms with Gasteiger partial charge in [0.15, 0.2) is 5.16 Å². The predicted octanol–water partition coefficient (Wildman–Crippen LogP) is 2.59. The monoisotopic (exact) mass is 522 g/mol. The maximum absolute atomic E-state index is 13.3. The SMILES string of the molecule is C[C@H]1CCCN(S(=O)(=O)c2ccc3c(c2)nc(SCC(=O)N2CCOCC2)n3C[C@H]2CCCO2)C1. The van der Waals surface area contributed by atoms with E-state index in [1.165, 1.54) is 11.8 Å². The fourth-order valence-corrected chi connectivity index (χ4v) is 7.62. The van der Waals surface area contributed by atoms with Crippen molar-refractivity contribution in [1.82, 2.24) is 18.8 Å². The molecule has 4 heterocycles. The molecule has 2 atom stereocenters. The first-order valence-electron chi connectivity index (χ1n) is 12.5. The molecule has 0 spiro atoms. The number of hydrogen-bond donors (Lipinski definition) is 0. The lowest BCUT2D eigenvalue weighted by Gasteiger charge is -2.30. The number of carbonyl (C=O) groups excluding carboxylic acids is 1. The molecule has 1 aromatic carbocycles. The topological polar surface area (TPSA) is 94.0 Å². The molecular formula is C24H34N4O5S2. The molecule has 0 N–H and O–H groups in total. The molecule has 0 radical (unpaired) electrons. The maximum atomic E-state index is 13.3. The number of rotatable bonds is 7. The quantitative estimate of drug-likeness (QED) is 0.516. The van der Waals surface area contributed by atoms with Crippen molar-refractivity contribution in [1.29, 1.82) is 0 Å². The first kappa shape index (κ1) is 25.0. The fourth-order valence-electron chi connectivity index (χ4n) is 5.07. The molecule has 3 aliphatic rings. The molecule has 35 heavy (non-hydrogen) atoms. The molecule has 0 unspecified atom stereocenters. The molecule has 0 saturated carbocycles. The number of ether oxygens (including phenoxy) is 2. The van der Waals surface area contributed by atoms with Crippen LogP contribution in [0.3, 0.4) is 0 Å². The summed E-state index contributed by atoms with van der Waals surface area (Å²) >= 11 is 1.40. The Balaban J connectivity index is 1.41. The van der Waals surface area contributed by atoms with Crippen LogP contribution in [0.4, 0.5) is 0 Å². The summed E-state index contributed by atoms with van der Waals surface area (Å²) < 4.78 is 41.6. The van der Waals surface area contributed by atoms with Crippen LogP contribution in [0, 0.1) is 5.92 Å². The van der Waals surface area contributed by atoms with Crippen molar-refractivity contribution in [3.63, 3.8) is 0 Å². The molecule has 11 heteroatoms. The summed E-state index contributed by atoms with van der Waals surface area (Å²) in [5, 5.41) is 0.721. The van der Waals surface area contributed by atoms with Crippen LogP contribution in [-0.2, 0) is 30.8 Å². The van der Waals surface area contributed by atoms with E-state index in [2.05, 4.69) is 11.5 Å². The van der Waals surface area contributed by atoms with Crippen molar-refractivity contribution in [3.05, 3.63) is 18.2 Å². The second kappa shape index (κ2) is 10.8. The van der Waals surface area contributed by atoms with Gasteiger partial charge in [-0.2, -0.15) is 4.31 Å². The summed E-state index contributed by atoms with van der Waals surface area (Å²) in [6.45, 7) is 6.97. The smallest absolute Gasteiger partial charge is 0.243 e. The van der Waals surface area contributed by atoms with Crippen LogP contribution in [0.2, 0.25) is 0 Å². The zero-order valence-corrected chi connectivity index (χ0v) is 21.9. The van der Waals surface area contributed by atoms with Gasteiger partial charge in [0, 0.05) is 32.8 Å². The molecular weight excluding hydrogens is 488 g/mol. The first-order chi connectivity index (χ1) is 16.9. The molecule has 0 aliphatic carbocycles. The highest BCUT2D eigenvalue weighted by atomic mass is 32.2. The van der Waals surface area contributed by atoms with E-state index in [9.17, 15) is 13.2 Å². The van der Waals surface area contributed by atoms with Gasteiger partial charge in [-0.05, 0) is 49.8 Å². The van der Waals surface area contributed by atoms with E-state index in [4.69, 9.17) is 14.5 Å². The van der Waals surface area contributed by atoms with Crippen LogP contribution in [0.25, 0.3) is 11.0 Å². The van der Waals surface area contributed by atoms with Crippen LogP contribution in [-0.4, -0.2) is 90.9 Å². The minimum absolute atomic E-state index is 0.0662. The molecule has 3 fully saturated rings. The Morgan fingerprint density at radius 2 is 1.97 bits per heavy atom. The highest BCUT2D eigenvalue weighted by Crippen LogP contribution is 2.30. The van der Waals surface area contributed by atoms with Crippen LogP contribution < -0.4 is 0 Å². The summed E-state index contributed by atoms with van der Waals surface area (Å²) in [4.78, 5) is 19.6. The van der Waals surface area contributed by atoms with Gasteiger partial charge in [0.1, 0.15) is 0 Å². The van der Waals surface area contributed by atoms with Gasteiger partial charge < -0.3 is 18.9 Å². The molecule has 5 rings (SSSR count). The van der Waals surface area contributed by atoms with E-state index in [1.54, 1.807) is 16.4 Å². The lowest BCUT2D eigenvalue weighted by atomic mass is 10.0. The summed E-state index contributed by atoms with van der Waals surface area (Å²) in [5.41, 5.74) is 1.50. The standard InChI is InChI=1S/C24H34N4O5S2/c1-18-4-2-8-27(15-18)35(30,31)20-6-7-22-21(14-20)25-24(28(22)16-19-5-3-11-33-19)34-17-23(29)26-9-12-32-13-10-26/h6-7,14,18-19H,2-5,8-13,15-17H2,1H3/t18-,19+/m0/s1. The molecule has 1 aromatic heterocycles. The Labute approximate surface area is 211 Å². The van der Waals surface area contributed by atoms with Crippen LogP contribution in [0.15, 0.2) is 28.3 Å². The van der Waals surface area contributed by atoms with Gasteiger partial charge in [0.05, 0.1) is 47.5 Å². The average molecular weight is 523 g/mol. The third-order valence-corrected chi connectivity index (χ3v) is 9.86. The zero-order chi connectivity index (χ0) is 24.4. The number of nitrogens with zero attached hydrogens (tertiary/aromatic N) is 4.